The van der Waals surface area contributed by atoms with E-state index >= 15 is 0 Å². The van der Waals surface area contributed by atoms with Gasteiger partial charge < -0.3 is 30.5 Å². The van der Waals surface area contributed by atoms with Crippen molar-refractivity contribution in [1.29, 1.82) is 10.5 Å². The fraction of sp³-hybridized carbons (Fsp3) is 0.645. The molecule has 3 N–H and O–H groups in total. The van der Waals surface area contributed by atoms with Crippen molar-refractivity contribution in [2.45, 2.75) is 56.0 Å². The predicted molar refractivity (Wildman–Crippen MR) is 166 cm³/mol. The van der Waals surface area contributed by atoms with E-state index in [1.165, 1.54) is 4.88 Å². The maximum atomic E-state index is 12.3. The molecule has 8 rings (SSSR count). The van der Waals surface area contributed by atoms with E-state index in [0.29, 0.717) is 72.1 Å². The number of ether oxygens (including phenoxy) is 1. The van der Waals surface area contributed by atoms with Gasteiger partial charge in [-0.25, -0.2) is 0 Å². The Morgan fingerprint density at radius 2 is 1.75 bits per heavy atom. The topological polar surface area (TPSA) is 151 Å². The van der Waals surface area contributed by atoms with E-state index in [0.717, 1.165) is 76.8 Å². The van der Waals surface area contributed by atoms with E-state index in [9.17, 15) is 15.3 Å². The number of nitriles is 2. The van der Waals surface area contributed by atoms with Gasteiger partial charge >= 0.3 is 6.01 Å². The molecule has 4 saturated heterocycles. The highest BCUT2D eigenvalue weighted by atomic mass is 32.1. The molecule has 2 aromatic rings. The van der Waals surface area contributed by atoms with Crippen LogP contribution in [0.1, 0.15) is 53.7 Å². The van der Waals surface area contributed by atoms with Gasteiger partial charge in [-0.3, -0.25) is 9.69 Å². The van der Waals surface area contributed by atoms with Gasteiger partial charge in [0.15, 0.2) is 11.6 Å². The molecule has 0 radical (unpaired) electrons. The summed E-state index contributed by atoms with van der Waals surface area (Å²) in [5, 5.41) is 24.6. The maximum absolute atomic E-state index is 12.3. The molecular weight excluding hydrogens is 576 g/mol. The molecule has 230 valence electrons. The van der Waals surface area contributed by atoms with Crippen molar-refractivity contribution in [3.05, 3.63) is 21.6 Å². The summed E-state index contributed by atoms with van der Waals surface area (Å²) in [6, 6.07) is 5.91. The summed E-state index contributed by atoms with van der Waals surface area (Å²) in [5.41, 5.74) is 8.31. The summed E-state index contributed by atoms with van der Waals surface area (Å²) in [5.74, 6) is 1.44. The average molecular weight is 615 g/mol. The average Bonchev–Trinajstić information content (AvgIpc) is 3.37. The summed E-state index contributed by atoms with van der Waals surface area (Å²) in [6.07, 6.45) is 6.26. The summed E-state index contributed by atoms with van der Waals surface area (Å²) in [4.78, 5) is 31.8. The molecule has 2 bridgehead atoms. The minimum atomic E-state index is -0.139. The fourth-order valence-corrected chi connectivity index (χ4v) is 9.28. The Kier molecular flexibility index (Phi) is 6.46. The zero-order valence-electron chi connectivity index (χ0n) is 25.1. The Bertz CT molecular complexity index is 1590. The number of rotatable bonds is 7. The highest BCUT2D eigenvalue weighted by Crippen LogP contribution is 2.53. The normalized spacial score (nSPS) is 26.3. The van der Waals surface area contributed by atoms with E-state index in [4.69, 9.17) is 20.4 Å². The number of amides is 1. The Balaban J connectivity index is 1.07. The third-order valence-electron chi connectivity index (χ3n) is 10.8. The summed E-state index contributed by atoms with van der Waals surface area (Å²) in [6.45, 7) is 6.36. The van der Waals surface area contributed by atoms with Crippen LogP contribution >= 0.6 is 11.3 Å². The smallest absolute Gasteiger partial charge is 0.320 e. The van der Waals surface area contributed by atoms with Crippen LogP contribution in [0.3, 0.4) is 0 Å². The van der Waals surface area contributed by atoms with Crippen LogP contribution in [0.5, 0.6) is 6.01 Å². The van der Waals surface area contributed by atoms with Gasteiger partial charge in [0.25, 0.3) is 0 Å². The second-order valence-electron chi connectivity index (χ2n) is 13.9. The first-order valence-corrected chi connectivity index (χ1v) is 16.6. The number of nitrogens with one attached hydrogen (secondary N) is 1. The lowest BCUT2D eigenvalue weighted by Gasteiger charge is -2.49. The molecule has 1 saturated carbocycles. The fourth-order valence-electron chi connectivity index (χ4n) is 8.14. The van der Waals surface area contributed by atoms with Crippen LogP contribution in [0.25, 0.3) is 0 Å². The van der Waals surface area contributed by atoms with E-state index in [1.807, 2.05) is 7.05 Å². The van der Waals surface area contributed by atoms with Crippen LogP contribution in [-0.4, -0.2) is 104 Å². The molecule has 12 nitrogen and oxygen atoms in total. The van der Waals surface area contributed by atoms with Crippen LogP contribution in [0.15, 0.2) is 0 Å². The third-order valence-corrected chi connectivity index (χ3v) is 11.9. The number of nitrogens with zero attached hydrogens (tertiary/aromatic N) is 8. The van der Waals surface area contributed by atoms with Crippen molar-refractivity contribution in [3.8, 4) is 18.1 Å². The SMILES string of the molecule is CN1CCN(CC2(COc3nc(N4C[C@H]5CC[C@@H](C4)N5)c(C#N)c(N4CC5(CCc6sc(N)c(C#N)c65)C4)n3)CC2)CC1=O. The molecular formula is C31H38N10O2S. The van der Waals surface area contributed by atoms with Gasteiger partial charge in [-0.05, 0) is 44.1 Å². The van der Waals surface area contributed by atoms with Crippen LogP contribution in [-0.2, 0) is 16.6 Å². The molecule has 1 amide bonds. The van der Waals surface area contributed by atoms with Crippen LogP contribution < -0.4 is 25.6 Å². The first kappa shape index (κ1) is 27.9. The molecule has 0 unspecified atom stereocenters. The number of fused-ring (bicyclic) bond motifs is 4. The number of piperazine rings is 2. The van der Waals surface area contributed by atoms with E-state index < -0.39 is 0 Å². The molecule has 4 aliphatic heterocycles. The zero-order valence-corrected chi connectivity index (χ0v) is 26.0. The number of carbonyl (C=O) groups excluding carboxylic acids is 1. The molecule has 6 heterocycles. The second kappa shape index (κ2) is 10.2. The molecule has 2 aliphatic carbocycles. The molecule has 1 spiro atoms. The van der Waals surface area contributed by atoms with E-state index in [-0.39, 0.29) is 16.7 Å². The molecule has 6 aliphatic rings. The largest absolute Gasteiger partial charge is 0.463 e. The van der Waals surface area contributed by atoms with Gasteiger partial charge in [-0.15, -0.1) is 11.3 Å². The summed E-state index contributed by atoms with van der Waals surface area (Å²) >= 11 is 1.54. The van der Waals surface area contributed by atoms with Crippen molar-refractivity contribution in [2.75, 3.05) is 81.5 Å². The van der Waals surface area contributed by atoms with Gasteiger partial charge in [0.1, 0.15) is 22.7 Å². The monoisotopic (exact) mass is 614 g/mol. The van der Waals surface area contributed by atoms with Crippen LogP contribution in [0.2, 0.25) is 0 Å². The van der Waals surface area contributed by atoms with Crippen molar-refractivity contribution < 1.29 is 9.53 Å². The number of aryl methyl sites for hydroxylation is 1. The number of carbonyl (C=O) groups is 1. The Morgan fingerprint density at radius 1 is 1.05 bits per heavy atom. The van der Waals surface area contributed by atoms with Crippen molar-refractivity contribution in [2.24, 2.45) is 5.41 Å². The molecule has 44 heavy (non-hydrogen) atoms. The van der Waals surface area contributed by atoms with Gasteiger partial charge in [-0.2, -0.15) is 20.5 Å². The van der Waals surface area contributed by atoms with Gasteiger partial charge in [0.05, 0.1) is 18.7 Å². The van der Waals surface area contributed by atoms with Crippen molar-refractivity contribution >= 4 is 33.9 Å². The van der Waals surface area contributed by atoms with Crippen molar-refractivity contribution in [3.63, 3.8) is 0 Å². The lowest BCUT2D eigenvalue weighted by atomic mass is 9.74. The minimum Gasteiger partial charge on any atom is -0.463 e. The van der Waals surface area contributed by atoms with Crippen LogP contribution in [0, 0.1) is 28.1 Å². The molecule has 2 atom stereocenters. The lowest BCUT2D eigenvalue weighted by Crippen LogP contribution is -2.59. The highest BCUT2D eigenvalue weighted by Gasteiger charge is 2.52. The number of nitrogens with two attached hydrogens (primary N) is 1. The first-order valence-electron chi connectivity index (χ1n) is 15.8. The number of anilines is 3. The number of aromatic nitrogens is 2. The summed E-state index contributed by atoms with van der Waals surface area (Å²) in [7, 11) is 1.86. The second-order valence-corrected chi connectivity index (χ2v) is 15.0. The number of likely N-dealkylation sites (N-methyl/N-ethyl adjacent to an activating group) is 1. The zero-order chi connectivity index (χ0) is 30.2. The van der Waals surface area contributed by atoms with E-state index in [1.54, 1.807) is 16.2 Å². The molecule has 2 aromatic heterocycles. The van der Waals surface area contributed by atoms with Gasteiger partial charge in [-0.1, -0.05) is 0 Å². The Hall–Kier alpha value is -3.65. The molecule has 0 aromatic carbocycles. The van der Waals surface area contributed by atoms with Crippen molar-refractivity contribution in [1.82, 2.24) is 25.1 Å². The van der Waals surface area contributed by atoms with Gasteiger partial charge in [0.2, 0.25) is 5.91 Å². The maximum Gasteiger partial charge on any atom is 0.320 e. The summed E-state index contributed by atoms with van der Waals surface area (Å²) < 4.78 is 6.42. The third kappa shape index (κ3) is 4.56. The number of thiophene rings is 1. The number of nitrogen functional groups attached to an aromatic ring is 1. The quantitative estimate of drug-likeness (QED) is 0.466. The Morgan fingerprint density at radius 3 is 2.41 bits per heavy atom. The first-order chi connectivity index (χ1) is 21.3. The lowest BCUT2D eigenvalue weighted by molar-refractivity contribution is -0.134. The van der Waals surface area contributed by atoms with E-state index in [2.05, 4.69) is 32.2 Å². The number of hydrogen-bond donors (Lipinski definition) is 2. The molecule has 13 heteroatoms. The Labute approximate surface area is 261 Å². The minimum absolute atomic E-state index is 0.00440. The highest BCUT2D eigenvalue weighted by molar-refractivity contribution is 7.16. The van der Waals surface area contributed by atoms with Crippen LogP contribution in [0.4, 0.5) is 16.6 Å². The molecule has 5 fully saturated rings. The standard InChI is InChI=1S/C31H38N10O2S/c1-38-8-9-39(14-24(38)42)15-30(6-7-30)18-43-29-36-27(40-12-19-2-3-20(13-40)35-19)22(11-33)28(37-29)41-16-31(17-41)5-4-23-25(31)21(10-32)26(34)44-23/h19-20,35H,2-9,12-18,34H2,1H3/t19-,20+. The number of hydrogen-bond acceptors (Lipinski definition) is 12. The predicted octanol–water partition coefficient (Wildman–Crippen LogP) is 1.44. The van der Waals surface area contributed by atoms with Gasteiger partial charge in [0, 0.05) is 80.7 Å².